The summed E-state index contributed by atoms with van der Waals surface area (Å²) in [6.07, 6.45) is 0.925. The lowest BCUT2D eigenvalue weighted by Gasteiger charge is -2.18. The van der Waals surface area contributed by atoms with Crippen molar-refractivity contribution in [1.29, 1.82) is 0 Å². The first-order valence-electron chi connectivity index (χ1n) is 9.01. The van der Waals surface area contributed by atoms with Gasteiger partial charge in [-0.1, -0.05) is 30.3 Å². The molecule has 1 fully saturated rings. The molecule has 1 saturated heterocycles. The van der Waals surface area contributed by atoms with Crippen molar-refractivity contribution in [1.82, 2.24) is 10.2 Å². The van der Waals surface area contributed by atoms with Crippen molar-refractivity contribution in [2.24, 2.45) is 0 Å². The van der Waals surface area contributed by atoms with Gasteiger partial charge in [-0.05, 0) is 12.0 Å². The van der Waals surface area contributed by atoms with Gasteiger partial charge in [0.2, 0.25) is 0 Å². The van der Waals surface area contributed by atoms with E-state index >= 15 is 0 Å². The molecule has 2 aromatic rings. The van der Waals surface area contributed by atoms with E-state index in [1.165, 1.54) is 12.7 Å². The first-order chi connectivity index (χ1) is 13.1. The Labute approximate surface area is 160 Å². The molecule has 0 bridgehead atoms. The fraction of sp³-hybridized carbons (Fsp3) is 0.381. The first-order valence-corrected chi connectivity index (χ1v) is 9.01. The highest BCUT2D eigenvalue weighted by molar-refractivity contribution is 5.98. The Kier molecular flexibility index (Phi) is 6.19. The first kappa shape index (κ1) is 19.0. The molecular formula is C21H26N2O4. The van der Waals surface area contributed by atoms with Crippen molar-refractivity contribution in [2.45, 2.75) is 19.0 Å². The maximum atomic E-state index is 12.8. The molecule has 1 N–H and O–H groups in total. The molecule has 2 aromatic carbocycles. The maximum Gasteiger partial charge on any atom is 0.255 e. The molecule has 1 amide bonds. The summed E-state index contributed by atoms with van der Waals surface area (Å²) in [6, 6.07) is 13.8. The van der Waals surface area contributed by atoms with Gasteiger partial charge in [-0.15, -0.1) is 0 Å². The predicted molar refractivity (Wildman–Crippen MR) is 104 cm³/mol. The lowest BCUT2D eigenvalue weighted by atomic mass is 10.1. The molecule has 144 valence electrons. The average molecular weight is 370 g/mol. The quantitative estimate of drug-likeness (QED) is 0.812. The fourth-order valence-electron chi connectivity index (χ4n) is 3.41. The minimum atomic E-state index is -0.167. The summed E-state index contributed by atoms with van der Waals surface area (Å²) >= 11 is 0. The van der Waals surface area contributed by atoms with Gasteiger partial charge in [0.1, 0.15) is 5.75 Å². The molecule has 1 atom stereocenters. The van der Waals surface area contributed by atoms with Crippen molar-refractivity contribution in [3.05, 3.63) is 53.6 Å². The minimum Gasteiger partial charge on any atom is -0.496 e. The zero-order valence-electron chi connectivity index (χ0n) is 16.0. The second kappa shape index (κ2) is 8.77. The second-order valence-corrected chi connectivity index (χ2v) is 6.59. The van der Waals surface area contributed by atoms with E-state index < -0.39 is 0 Å². The van der Waals surface area contributed by atoms with E-state index in [2.05, 4.69) is 22.3 Å². The summed E-state index contributed by atoms with van der Waals surface area (Å²) < 4.78 is 16.0. The van der Waals surface area contributed by atoms with Crippen LogP contribution in [0.25, 0.3) is 0 Å². The van der Waals surface area contributed by atoms with Gasteiger partial charge in [-0.3, -0.25) is 9.69 Å². The van der Waals surface area contributed by atoms with E-state index in [9.17, 15) is 4.79 Å². The monoisotopic (exact) mass is 370 g/mol. The highest BCUT2D eigenvalue weighted by Gasteiger charge is 2.26. The second-order valence-electron chi connectivity index (χ2n) is 6.59. The molecule has 0 aromatic heterocycles. The number of carbonyl (C=O) groups excluding carboxylic acids is 1. The van der Waals surface area contributed by atoms with Crippen molar-refractivity contribution in [3.63, 3.8) is 0 Å². The van der Waals surface area contributed by atoms with Crippen LogP contribution >= 0.6 is 0 Å². The largest absolute Gasteiger partial charge is 0.496 e. The lowest BCUT2D eigenvalue weighted by molar-refractivity contribution is 0.0934. The summed E-state index contributed by atoms with van der Waals surface area (Å²) in [4.78, 5) is 15.2. The summed E-state index contributed by atoms with van der Waals surface area (Å²) in [6.45, 7) is 2.69. The van der Waals surface area contributed by atoms with Crippen LogP contribution in [-0.4, -0.2) is 51.3 Å². The van der Waals surface area contributed by atoms with E-state index in [1.54, 1.807) is 26.4 Å². The van der Waals surface area contributed by atoms with Crippen LogP contribution < -0.4 is 19.5 Å². The molecule has 27 heavy (non-hydrogen) atoms. The van der Waals surface area contributed by atoms with Crippen LogP contribution in [0.15, 0.2) is 42.5 Å². The summed E-state index contributed by atoms with van der Waals surface area (Å²) in [5.74, 6) is 1.32. The van der Waals surface area contributed by atoms with E-state index in [0.717, 1.165) is 26.1 Å². The van der Waals surface area contributed by atoms with Gasteiger partial charge >= 0.3 is 0 Å². The normalized spacial score (nSPS) is 16.8. The molecule has 1 aliphatic rings. The Balaban J connectivity index is 1.65. The zero-order valence-corrected chi connectivity index (χ0v) is 16.0. The van der Waals surface area contributed by atoms with Gasteiger partial charge in [0, 0.05) is 37.8 Å². The molecule has 6 heteroatoms. The van der Waals surface area contributed by atoms with Crippen LogP contribution in [-0.2, 0) is 6.54 Å². The molecule has 6 nitrogen and oxygen atoms in total. The molecule has 1 unspecified atom stereocenters. The maximum absolute atomic E-state index is 12.8. The van der Waals surface area contributed by atoms with Crippen molar-refractivity contribution in [2.75, 3.05) is 34.4 Å². The van der Waals surface area contributed by atoms with Crippen molar-refractivity contribution in [3.8, 4) is 17.2 Å². The van der Waals surface area contributed by atoms with Crippen molar-refractivity contribution < 1.29 is 19.0 Å². The van der Waals surface area contributed by atoms with Crippen LogP contribution in [0.4, 0.5) is 0 Å². The number of amides is 1. The van der Waals surface area contributed by atoms with E-state index in [0.29, 0.717) is 22.8 Å². The third-order valence-electron chi connectivity index (χ3n) is 4.81. The topological polar surface area (TPSA) is 60.0 Å². The zero-order chi connectivity index (χ0) is 19.2. The van der Waals surface area contributed by atoms with E-state index in [1.807, 2.05) is 18.2 Å². The van der Waals surface area contributed by atoms with Crippen LogP contribution in [0, 0.1) is 0 Å². The molecule has 1 heterocycles. The van der Waals surface area contributed by atoms with Crippen LogP contribution in [0.1, 0.15) is 22.3 Å². The van der Waals surface area contributed by atoms with Gasteiger partial charge in [0.05, 0.1) is 26.9 Å². The molecule has 0 radical (unpaired) electrons. The summed E-state index contributed by atoms with van der Waals surface area (Å²) in [7, 11) is 4.64. The fourth-order valence-corrected chi connectivity index (χ4v) is 3.41. The van der Waals surface area contributed by atoms with Gasteiger partial charge in [0.15, 0.2) is 11.5 Å². The number of methoxy groups -OCH3 is 3. The molecule has 3 rings (SSSR count). The van der Waals surface area contributed by atoms with Gasteiger partial charge in [-0.2, -0.15) is 0 Å². The Morgan fingerprint density at radius 2 is 1.70 bits per heavy atom. The Morgan fingerprint density at radius 1 is 1.04 bits per heavy atom. The van der Waals surface area contributed by atoms with Crippen LogP contribution in [0.5, 0.6) is 17.2 Å². The Bertz CT molecular complexity index is 779. The average Bonchev–Trinajstić information content (AvgIpc) is 3.14. The SMILES string of the molecule is COc1cc(OC)c(C(=O)NC2CCN(Cc3ccccc3)C2)cc1OC. The summed E-state index contributed by atoms with van der Waals surface area (Å²) in [5, 5.41) is 3.12. The highest BCUT2D eigenvalue weighted by Crippen LogP contribution is 2.34. The standard InChI is InChI=1S/C21H26N2O4/c1-25-18-12-20(27-3)19(26-2)11-17(18)21(24)22-16-9-10-23(14-16)13-15-7-5-4-6-8-15/h4-8,11-12,16H,9-10,13-14H2,1-3H3,(H,22,24). The lowest BCUT2D eigenvalue weighted by Crippen LogP contribution is -2.37. The minimum absolute atomic E-state index is 0.110. The number of benzene rings is 2. The van der Waals surface area contributed by atoms with E-state index in [4.69, 9.17) is 14.2 Å². The molecule has 0 spiro atoms. The third kappa shape index (κ3) is 4.52. The Morgan fingerprint density at radius 3 is 2.37 bits per heavy atom. The van der Waals surface area contributed by atoms with Crippen LogP contribution in [0.3, 0.4) is 0 Å². The van der Waals surface area contributed by atoms with Gasteiger partial charge < -0.3 is 19.5 Å². The van der Waals surface area contributed by atoms with Crippen molar-refractivity contribution >= 4 is 5.91 Å². The number of hydrogen-bond acceptors (Lipinski definition) is 5. The van der Waals surface area contributed by atoms with Gasteiger partial charge in [0.25, 0.3) is 5.91 Å². The molecule has 1 aliphatic heterocycles. The number of nitrogens with zero attached hydrogens (tertiary/aromatic N) is 1. The number of nitrogens with one attached hydrogen (secondary N) is 1. The van der Waals surface area contributed by atoms with E-state index in [-0.39, 0.29) is 11.9 Å². The predicted octanol–water partition coefficient (Wildman–Crippen LogP) is 2.72. The molecule has 0 aliphatic carbocycles. The highest BCUT2D eigenvalue weighted by atomic mass is 16.5. The Hall–Kier alpha value is -2.73. The summed E-state index contributed by atoms with van der Waals surface area (Å²) in [5.41, 5.74) is 1.72. The smallest absolute Gasteiger partial charge is 0.255 e. The molecule has 0 saturated carbocycles. The molecular weight excluding hydrogens is 344 g/mol. The number of rotatable bonds is 7. The number of ether oxygens (including phenoxy) is 3. The van der Waals surface area contributed by atoms with Gasteiger partial charge in [-0.25, -0.2) is 0 Å². The number of hydrogen-bond donors (Lipinski definition) is 1. The van der Waals surface area contributed by atoms with Crippen LogP contribution in [0.2, 0.25) is 0 Å². The number of likely N-dealkylation sites (tertiary alicyclic amines) is 1. The number of carbonyl (C=O) groups is 1. The third-order valence-corrected chi connectivity index (χ3v) is 4.81.